The molecule has 1 aliphatic heterocycles. The summed E-state index contributed by atoms with van der Waals surface area (Å²) in [7, 11) is 0. The number of nitrogens with one attached hydrogen (secondary N) is 2. The minimum atomic E-state index is -4.74. The van der Waals surface area contributed by atoms with Crippen LogP contribution in [0.4, 0.5) is 18.9 Å². The molecule has 1 aromatic carbocycles. The highest BCUT2D eigenvalue weighted by Crippen LogP contribution is 2.25. The number of halogens is 3. The summed E-state index contributed by atoms with van der Waals surface area (Å²) in [5, 5.41) is 5.75. The summed E-state index contributed by atoms with van der Waals surface area (Å²) in [6, 6.07) is 4.96. The van der Waals surface area contributed by atoms with Crippen molar-refractivity contribution in [1.29, 1.82) is 0 Å². The Kier molecular flexibility index (Phi) is 5.06. The van der Waals surface area contributed by atoms with E-state index in [1.165, 1.54) is 18.2 Å². The van der Waals surface area contributed by atoms with Crippen LogP contribution in [0, 0.1) is 0 Å². The molecule has 2 rings (SSSR count). The van der Waals surface area contributed by atoms with Gasteiger partial charge in [0.05, 0.1) is 6.04 Å². The lowest BCUT2D eigenvalue weighted by Crippen LogP contribution is -2.39. The zero-order valence-corrected chi connectivity index (χ0v) is 11.4. The second-order valence-electron chi connectivity index (χ2n) is 4.92. The van der Waals surface area contributed by atoms with Crippen LogP contribution in [0.1, 0.15) is 25.7 Å². The Labute approximate surface area is 120 Å². The van der Waals surface area contributed by atoms with E-state index in [1.54, 1.807) is 0 Å². The zero-order valence-electron chi connectivity index (χ0n) is 11.4. The van der Waals surface area contributed by atoms with E-state index in [1.807, 2.05) is 0 Å². The van der Waals surface area contributed by atoms with E-state index in [0.29, 0.717) is 0 Å². The number of anilines is 1. The topological polar surface area (TPSA) is 50.4 Å². The summed E-state index contributed by atoms with van der Waals surface area (Å²) >= 11 is 0. The van der Waals surface area contributed by atoms with Crippen molar-refractivity contribution in [1.82, 2.24) is 5.32 Å². The summed E-state index contributed by atoms with van der Waals surface area (Å²) in [5.74, 6) is -0.588. The molecule has 1 unspecified atom stereocenters. The van der Waals surface area contributed by atoms with Gasteiger partial charge in [0.1, 0.15) is 5.75 Å². The van der Waals surface area contributed by atoms with E-state index in [0.717, 1.165) is 38.3 Å². The normalized spacial score (nSPS) is 19.7. The molecule has 1 atom stereocenters. The first-order valence-electron chi connectivity index (χ1n) is 6.84. The quantitative estimate of drug-likeness (QED) is 0.902. The van der Waals surface area contributed by atoms with Crippen LogP contribution in [0.3, 0.4) is 0 Å². The number of hydrogen-bond acceptors (Lipinski definition) is 3. The van der Waals surface area contributed by atoms with Crippen molar-refractivity contribution in [3.63, 3.8) is 0 Å². The number of carbonyl (C=O) groups excluding carboxylic acids is 1. The minimum absolute atomic E-state index is 0.235. The fraction of sp³-hybridized carbons (Fsp3) is 0.500. The summed E-state index contributed by atoms with van der Waals surface area (Å²) in [5.41, 5.74) is 0.285. The summed E-state index contributed by atoms with van der Waals surface area (Å²) < 4.78 is 40.3. The molecule has 4 nitrogen and oxygen atoms in total. The van der Waals surface area contributed by atoms with Crippen molar-refractivity contribution in [2.24, 2.45) is 0 Å². The number of benzene rings is 1. The van der Waals surface area contributed by atoms with Crippen LogP contribution in [0.5, 0.6) is 5.75 Å². The van der Waals surface area contributed by atoms with Gasteiger partial charge in [0.15, 0.2) is 0 Å². The smallest absolute Gasteiger partial charge is 0.406 e. The monoisotopic (exact) mass is 302 g/mol. The molecule has 1 fully saturated rings. The lowest BCUT2D eigenvalue weighted by atomic mass is 10.1. The Bertz CT molecular complexity index is 483. The largest absolute Gasteiger partial charge is 0.573 e. The molecule has 1 aliphatic rings. The van der Waals surface area contributed by atoms with Crippen LogP contribution < -0.4 is 15.4 Å². The van der Waals surface area contributed by atoms with Gasteiger partial charge in [-0.3, -0.25) is 4.79 Å². The predicted octanol–water partition coefficient (Wildman–Crippen LogP) is 3.06. The average molecular weight is 302 g/mol. The Balaban J connectivity index is 1.98. The van der Waals surface area contributed by atoms with Gasteiger partial charge in [0.25, 0.3) is 0 Å². The number of amides is 1. The molecule has 0 bridgehead atoms. The number of alkyl halides is 3. The maximum absolute atomic E-state index is 12.2. The lowest BCUT2D eigenvalue weighted by molar-refractivity contribution is -0.274. The van der Waals surface area contributed by atoms with Gasteiger partial charge < -0.3 is 15.4 Å². The molecule has 0 aromatic heterocycles. The van der Waals surface area contributed by atoms with Crippen molar-refractivity contribution in [2.45, 2.75) is 38.1 Å². The molecule has 1 aromatic rings. The highest BCUT2D eigenvalue weighted by Gasteiger charge is 2.31. The molecular weight excluding hydrogens is 285 g/mol. The fourth-order valence-electron chi connectivity index (χ4n) is 2.25. The average Bonchev–Trinajstić information content (AvgIpc) is 2.65. The molecule has 7 heteroatoms. The summed E-state index contributed by atoms with van der Waals surface area (Å²) in [4.78, 5) is 12.1. The predicted molar refractivity (Wildman–Crippen MR) is 72.0 cm³/mol. The highest BCUT2D eigenvalue weighted by atomic mass is 19.4. The fourth-order valence-corrected chi connectivity index (χ4v) is 2.25. The molecule has 116 valence electrons. The lowest BCUT2D eigenvalue weighted by Gasteiger charge is -2.16. The molecular formula is C14H17F3N2O2. The van der Waals surface area contributed by atoms with Gasteiger partial charge in [-0.25, -0.2) is 0 Å². The third-order valence-corrected chi connectivity index (χ3v) is 3.21. The molecule has 21 heavy (non-hydrogen) atoms. The Morgan fingerprint density at radius 2 is 2.10 bits per heavy atom. The molecule has 1 heterocycles. The van der Waals surface area contributed by atoms with E-state index in [2.05, 4.69) is 15.4 Å². The van der Waals surface area contributed by atoms with Crippen LogP contribution in [-0.2, 0) is 4.79 Å². The Hall–Kier alpha value is -1.76. The first-order valence-corrected chi connectivity index (χ1v) is 6.84. The minimum Gasteiger partial charge on any atom is -0.406 e. The van der Waals surface area contributed by atoms with Crippen LogP contribution in [0.25, 0.3) is 0 Å². The van der Waals surface area contributed by atoms with Gasteiger partial charge in [0, 0.05) is 11.8 Å². The first-order chi connectivity index (χ1) is 9.94. The van der Waals surface area contributed by atoms with E-state index in [9.17, 15) is 18.0 Å². The van der Waals surface area contributed by atoms with Gasteiger partial charge in [-0.1, -0.05) is 18.9 Å². The van der Waals surface area contributed by atoms with Crippen molar-refractivity contribution in [2.75, 3.05) is 11.9 Å². The van der Waals surface area contributed by atoms with Crippen LogP contribution in [0.2, 0.25) is 0 Å². The molecule has 1 amide bonds. The number of hydrogen-bond donors (Lipinski definition) is 2. The number of carbonyl (C=O) groups is 1. The molecule has 2 N–H and O–H groups in total. The van der Waals surface area contributed by atoms with E-state index < -0.39 is 6.36 Å². The van der Waals surface area contributed by atoms with Gasteiger partial charge in [-0.15, -0.1) is 13.2 Å². The maximum atomic E-state index is 12.2. The number of ether oxygens (including phenoxy) is 1. The van der Waals surface area contributed by atoms with E-state index in [4.69, 9.17) is 0 Å². The maximum Gasteiger partial charge on any atom is 0.573 e. The van der Waals surface area contributed by atoms with Crippen LogP contribution >= 0.6 is 0 Å². The molecule has 0 aliphatic carbocycles. The molecule has 0 saturated carbocycles. The van der Waals surface area contributed by atoms with Crippen molar-refractivity contribution >= 4 is 11.6 Å². The second kappa shape index (κ2) is 6.80. The Morgan fingerprint density at radius 1 is 1.29 bits per heavy atom. The van der Waals surface area contributed by atoms with Crippen molar-refractivity contribution < 1.29 is 22.7 Å². The third kappa shape index (κ3) is 5.26. The highest BCUT2D eigenvalue weighted by molar-refractivity contribution is 5.95. The SMILES string of the molecule is O=C(Nc1cccc(OC(F)(F)F)c1)C1CCCCCN1. The van der Waals surface area contributed by atoms with Gasteiger partial charge in [-0.2, -0.15) is 0 Å². The third-order valence-electron chi connectivity index (χ3n) is 3.21. The number of rotatable bonds is 3. The van der Waals surface area contributed by atoms with E-state index in [-0.39, 0.29) is 23.4 Å². The van der Waals surface area contributed by atoms with E-state index >= 15 is 0 Å². The molecule has 1 saturated heterocycles. The van der Waals surface area contributed by atoms with Crippen LogP contribution in [-0.4, -0.2) is 24.9 Å². The zero-order chi connectivity index (χ0) is 15.3. The molecule has 0 spiro atoms. The van der Waals surface area contributed by atoms with Crippen molar-refractivity contribution in [3.05, 3.63) is 24.3 Å². The van der Waals surface area contributed by atoms with Gasteiger partial charge in [0.2, 0.25) is 5.91 Å². The Morgan fingerprint density at radius 3 is 2.86 bits per heavy atom. The summed E-state index contributed by atoms with van der Waals surface area (Å²) in [6.07, 6.45) is -0.956. The van der Waals surface area contributed by atoms with Crippen LogP contribution in [0.15, 0.2) is 24.3 Å². The summed E-state index contributed by atoms with van der Waals surface area (Å²) in [6.45, 7) is 0.773. The van der Waals surface area contributed by atoms with Gasteiger partial charge in [-0.05, 0) is 31.5 Å². The van der Waals surface area contributed by atoms with Crippen molar-refractivity contribution in [3.8, 4) is 5.75 Å². The second-order valence-corrected chi connectivity index (χ2v) is 4.92. The molecule has 0 radical (unpaired) electrons. The first kappa shape index (κ1) is 15.6. The van der Waals surface area contributed by atoms with Gasteiger partial charge >= 0.3 is 6.36 Å². The standard InChI is InChI=1S/C14H17F3N2O2/c15-14(16,17)21-11-6-4-5-10(9-11)19-13(20)12-7-2-1-3-8-18-12/h4-6,9,12,18H,1-3,7-8H2,(H,19,20).